The summed E-state index contributed by atoms with van der Waals surface area (Å²) in [5, 5.41) is 0. The van der Waals surface area contributed by atoms with Crippen LogP contribution in [0.1, 0.15) is 24.0 Å². The largest absolute Gasteiger partial charge is 0.204 e. The van der Waals surface area contributed by atoms with Gasteiger partial charge >= 0.3 is 0 Å². The van der Waals surface area contributed by atoms with E-state index < -0.39 is 11.6 Å². The quantitative estimate of drug-likeness (QED) is 0.558. The molecule has 0 heterocycles. The van der Waals surface area contributed by atoms with E-state index in [2.05, 4.69) is 0 Å². The van der Waals surface area contributed by atoms with Crippen LogP contribution in [0.2, 0.25) is 0 Å². The highest BCUT2D eigenvalue weighted by atomic mass is 19.2. The molecule has 1 aromatic rings. The zero-order chi connectivity index (χ0) is 8.55. The fourth-order valence-electron chi connectivity index (χ4n) is 1.75. The van der Waals surface area contributed by atoms with Crippen molar-refractivity contribution in [3.8, 4) is 0 Å². The molecule has 0 amide bonds. The van der Waals surface area contributed by atoms with Crippen LogP contribution in [-0.2, 0) is 12.8 Å². The minimum atomic E-state index is -0.712. The van der Waals surface area contributed by atoms with Crippen molar-refractivity contribution < 1.29 is 8.78 Å². The maximum absolute atomic E-state index is 13.1. The van der Waals surface area contributed by atoms with E-state index in [4.69, 9.17) is 0 Å². The van der Waals surface area contributed by atoms with Crippen molar-refractivity contribution >= 4 is 0 Å². The highest BCUT2D eigenvalue weighted by Gasteiger charge is 2.15. The standard InChI is InChI=1S/C10H10F2/c11-9-6-5-7-3-1-2-4-8(7)10(9)12/h5-6H,1-4H2. The average Bonchev–Trinajstić information content (AvgIpc) is 2.12. The average molecular weight is 168 g/mol. The van der Waals surface area contributed by atoms with E-state index in [0.717, 1.165) is 24.8 Å². The van der Waals surface area contributed by atoms with Crippen molar-refractivity contribution in [1.29, 1.82) is 0 Å². The van der Waals surface area contributed by atoms with E-state index in [1.165, 1.54) is 6.07 Å². The fourth-order valence-corrected chi connectivity index (χ4v) is 1.75. The lowest BCUT2D eigenvalue weighted by Gasteiger charge is -2.15. The Morgan fingerprint density at radius 3 is 2.58 bits per heavy atom. The summed E-state index contributed by atoms with van der Waals surface area (Å²) >= 11 is 0. The number of fused-ring (bicyclic) bond motifs is 1. The Labute approximate surface area is 70.2 Å². The topological polar surface area (TPSA) is 0 Å². The number of hydrogen-bond donors (Lipinski definition) is 0. The molecule has 0 unspecified atom stereocenters. The molecule has 0 aromatic heterocycles. The van der Waals surface area contributed by atoms with E-state index in [-0.39, 0.29) is 0 Å². The molecule has 1 aliphatic carbocycles. The third-order valence-corrected chi connectivity index (χ3v) is 2.42. The molecule has 0 saturated heterocycles. The van der Waals surface area contributed by atoms with Gasteiger partial charge in [-0.05, 0) is 42.9 Å². The van der Waals surface area contributed by atoms with Gasteiger partial charge in [-0.2, -0.15) is 0 Å². The number of hydrogen-bond acceptors (Lipinski definition) is 0. The number of aryl methyl sites for hydroxylation is 1. The minimum absolute atomic E-state index is 0.598. The second-order valence-corrected chi connectivity index (χ2v) is 3.21. The molecule has 0 bridgehead atoms. The molecule has 1 aromatic carbocycles. The van der Waals surface area contributed by atoms with Crippen LogP contribution in [0.5, 0.6) is 0 Å². The Bertz CT molecular complexity index is 305. The Morgan fingerprint density at radius 2 is 1.75 bits per heavy atom. The van der Waals surface area contributed by atoms with E-state index in [9.17, 15) is 8.78 Å². The molecule has 64 valence electrons. The smallest absolute Gasteiger partial charge is 0.162 e. The van der Waals surface area contributed by atoms with Crippen LogP contribution in [-0.4, -0.2) is 0 Å². The molecular formula is C10H10F2. The summed E-state index contributed by atoms with van der Waals surface area (Å²) in [5.74, 6) is -1.34. The maximum atomic E-state index is 13.1. The number of halogens is 2. The molecule has 0 radical (unpaired) electrons. The van der Waals surface area contributed by atoms with E-state index in [1.807, 2.05) is 0 Å². The Hall–Kier alpha value is -0.920. The van der Waals surface area contributed by atoms with Gasteiger partial charge in [0.25, 0.3) is 0 Å². The Kier molecular flexibility index (Phi) is 1.83. The van der Waals surface area contributed by atoms with Crippen LogP contribution in [0.3, 0.4) is 0 Å². The normalized spacial score (nSPS) is 15.8. The first kappa shape index (κ1) is 7.71. The van der Waals surface area contributed by atoms with Gasteiger partial charge < -0.3 is 0 Å². The van der Waals surface area contributed by atoms with Crippen molar-refractivity contribution in [2.24, 2.45) is 0 Å². The van der Waals surface area contributed by atoms with Gasteiger partial charge in [-0.1, -0.05) is 6.07 Å². The lowest BCUT2D eigenvalue weighted by atomic mass is 9.91. The highest BCUT2D eigenvalue weighted by molar-refractivity contribution is 5.31. The van der Waals surface area contributed by atoms with Gasteiger partial charge in [-0.15, -0.1) is 0 Å². The molecule has 0 nitrogen and oxygen atoms in total. The Morgan fingerprint density at radius 1 is 1.00 bits per heavy atom. The van der Waals surface area contributed by atoms with Gasteiger partial charge in [0.2, 0.25) is 0 Å². The van der Waals surface area contributed by atoms with Gasteiger partial charge in [-0.3, -0.25) is 0 Å². The molecule has 1 aliphatic rings. The SMILES string of the molecule is Fc1ccc2c(c1F)CCCC2. The molecule has 0 N–H and O–H groups in total. The summed E-state index contributed by atoms with van der Waals surface area (Å²) < 4.78 is 25.8. The first-order chi connectivity index (χ1) is 5.79. The number of benzene rings is 1. The van der Waals surface area contributed by atoms with Gasteiger partial charge in [0.15, 0.2) is 11.6 Å². The molecule has 0 fully saturated rings. The first-order valence-electron chi connectivity index (χ1n) is 4.25. The summed E-state index contributed by atoms with van der Waals surface area (Å²) in [6, 6.07) is 2.92. The highest BCUT2D eigenvalue weighted by Crippen LogP contribution is 2.24. The van der Waals surface area contributed by atoms with E-state index >= 15 is 0 Å². The second kappa shape index (κ2) is 2.85. The van der Waals surface area contributed by atoms with Crippen molar-refractivity contribution in [2.45, 2.75) is 25.7 Å². The van der Waals surface area contributed by atoms with E-state index in [1.54, 1.807) is 6.07 Å². The summed E-state index contributed by atoms with van der Waals surface area (Å²) in [7, 11) is 0. The molecule has 0 aliphatic heterocycles. The maximum Gasteiger partial charge on any atom is 0.162 e. The molecule has 0 atom stereocenters. The third kappa shape index (κ3) is 1.11. The van der Waals surface area contributed by atoms with E-state index in [0.29, 0.717) is 12.0 Å². The van der Waals surface area contributed by atoms with Crippen LogP contribution in [0.25, 0.3) is 0 Å². The van der Waals surface area contributed by atoms with Gasteiger partial charge in [0.1, 0.15) is 0 Å². The van der Waals surface area contributed by atoms with Crippen LogP contribution < -0.4 is 0 Å². The summed E-state index contributed by atoms with van der Waals surface area (Å²) in [5.41, 5.74) is 1.58. The third-order valence-electron chi connectivity index (χ3n) is 2.42. The molecule has 12 heavy (non-hydrogen) atoms. The molecular weight excluding hydrogens is 158 g/mol. The van der Waals surface area contributed by atoms with Crippen LogP contribution >= 0.6 is 0 Å². The summed E-state index contributed by atoms with van der Waals surface area (Å²) in [6.45, 7) is 0. The van der Waals surface area contributed by atoms with Crippen molar-refractivity contribution in [3.63, 3.8) is 0 Å². The van der Waals surface area contributed by atoms with Gasteiger partial charge in [-0.25, -0.2) is 8.78 Å². The predicted molar refractivity (Wildman–Crippen MR) is 43.0 cm³/mol. The predicted octanol–water partition coefficient (Wildman–Crippen LogP) is 2.84. The van der Waals surface area contributed by atoms with Crippen LogP contribution in [0.4, 0.5) is 8.78 Å². The van der Waals surface area contributed by atoms with Crippen molar-refractivity contribution in [3.05, 3.63) is 34.9 Å². The molecule has 2 rings (SSSR count). The van der Waals surface area contributed by atoms with Crippen molar-refractivity contribution in [2.75, 3.05) is 0 Å². The molecule has 2 heteroatoms. The number of rotatable bonds is 0. The van der Waals surface area contributed by atoms with Gasteiger partial charge in [0.05, 0.1) is 0 Å². The fraction of sp³-hybridized carbons (Fsp3) is 0.400. The molecule has 0 spiro atoms. The second-order valence-electron chi connectivity index (χ2n) is 3.21. The lowest BCUT2D eigenvalue weighted by Crippen LogP contribution is -2.06. The first-order valence-corrected chi connectivity index (χ1v) is 4.25. The summed E-state index contributed by atoms with van der Waals surface area (Å²) in [4.78, 5) is 0. The zero-order valence-corrected chi connectivity index (χ0v) is 6.74. The monoisotopic (exact) mass is 168 g/mol. The lowest BCUT2D eigenvalue weighted by molar-refractivity contribution is 0.488. The summed E-state index contributed by atoms with van der Waals surface area (Å²) in [6.07, 6.45) is 3.66. The zero-order valence-electron chi connectivity index (χ0n) is 6.74. The van der Waals surface area contributed by atoms with Crippen LogP contribution in [0, 0.1) is 11.6 Å². The molecule has 0 saturated carbocycles. The van der Waals surface area contributed by atoms with Crippen molar-refractivity contribution in [1.82, 2.24) is 0 Å². The van der Waals surface area contributed by atoms with Crippen LogP contribution in [0.15, 0.2) is 12.1 Å². The van der Waals surface area contributed by atoms with Gasteiger partial charge in [0, 0.05) is 0 Å². The minimum Gasteiger partial charge on any atom is -0.204 e. The Balaban J connectivity index is 2.54.